The zero-order valence-corrected chi connectivity index (χ0v) is 9.21. The minimum Gasteiger partial charge on any atom is -0.481 e. The fourth-order valence-electron chi connectivity index (χ4n) is 1.04. The van der Waals surface area contributed by atoms with Crippen LogP contribution < -0.4 is 5.32 Å². The van der Waals surface area contributed by atoms with Gasteiger partial charge in [-0.2, -0.15) is 13.2 Å². The van der Waals surface area contributed by atoms with E-state index in [4.69, 9.17) is 5.11 Å². The second-order valence-corrected chi connectivity index (χ2v) is 3.38. The zero-order valence-electron chi connectivity index (χ0n) is 9.21. The van der Waals surface area contributed by atoms with Gasteiger partial charge in [-0.25, -0.2) is 0 Å². The first-order chi connectivity index (χ1) is 7.74. The topological polar surface area (TPSA) is 75.6 Å². The largest absolute Gasteiger partial charge is 0.481 e. The number of aliphatic carboxylic acids is 1. The molecule has 100 valence electrons. The number of carboxylic acids is 1. The summed E-state index contributed by atoms with van der Waals surface area (Å²) in [5.74, 6) is -1.85. The molecule has 0 radical (unpaired) electrons. The standard InChI is InChI=1S/C9H14F3NO4/c1-2-6(3-8(15)16)13-7(14)4-17-5-9(10,11)12/h6H,2-5H2,1H3,(H,13,14)(H,15,16). The van der Waals surface area contributed by atoms with E-state index in [-0.39, 0.29) is 6.42 Å². The average Bonchev–Trinajstić information content (AvgIpc) is 2.13. The quantitative estimate of drug-likeness (QED) is 0.711. The van der Waals surface area contributed by atoms with E-state index in [2.05, 4.69) is 10.1 Å². The number of hydrogen-bond donors (Lipinski definition) is 2. The number of halogens is 3. The third-order valence-electron chi connectivity index (χ3n) is 1.78. The molecule has 0 aromatic carbocycles. The van der Waals surface area contributed by atoms with Crippen LogP contribution in [-0.2, 0) is 14.3 Å². The van der Waals surface area contributed by atoms with Crippen LogP contribution in [0.25, 0.3) is 0 Å². The summed E-state index contributed by atoms with van der Waals surface area (Å²) in [7, 11) is 0. The number of amides is 1. The highest BCUT2D eigenvalue weighted by Crippen LogP contribution is 2.14. The number of nitrogens with one attached hydrogen (secondary N) is 1. The van der Waals surface area contributed by atoms with Gasteiger partial charge in [0.15, 0.2) is 0 Å². The Morgan fingerprint density at radius 1 is 1.41 bits per heavy atom. The first-order valence-corrected chi connectivity index (χ1v) is 4.90. The normalized spacial score (nSPS) is 13.2. The maximum atomic E-state index is 11.7. The van der Waals surface area contributed by atoms with Crippen molar-refractivity contribution < 1.29 is 32.6 Å². The smallest absolute Gasteiger partial charge is 0.411 e. The van der Waals surface area contributed by atoms with Crippen molar-refractivity contribution in [1.82, 2.24) is 5.32 Å². The van der Waals surface area contributed by atoms with Gasteiger partial charge in [-0.05, 0) is 6.42 Å². The van der Waals surface area contributed by atoms with Gasteiger partial charge in [0.25, 0.3) is 0 Å². The second kappa shape index (κ2) is 7.10. The summed E-state index contributed by atoms with van der Waals surface area (Å²) < 4.78 is 39.1. The van der Waals surface area contributed by atoms with Crippen molar-refractivity contribution in [1.29, 1.82) is 0 Å². The van der Waals surface area contributed by atoms with Crippen molar-refractivity contribution >= 4 is 11.9 Å². The summed E-state index contributed by atoms with van der Waals surface area (Å²) in [4.78, 5) is 21.4. The van der Waals surface area contributed by atoms with E-state index >= 15 is 0 Å². The maximum absolute atomic E-state index is 11.7. The van der Waals surface area contributed by atoms with Crippen LogP contribution >= 0.6 is 0 Å². The third kappa shape index (κ3) is 9.61. The van der Waals surface area contributed by atoms with Gasteiger partial charge in [-0.1, -0.05) is 6.92 Å². The lowest BCUT2D eigenvalue weighted by Gasteiger charge is -2.15. The van der Waals surface area contributed by atoms with Gasteiger partial charge < -0.3 is 15.2 Å². The number of hydrogen-bond acceptors (Lipinski definition) is 3. The van der Waals surface area contributed by atoms with E-state index in [0.717, 1.165) is 0 Å². The molecule has 0 aliphatic carbocycles. The van der Waals surface area contributed by atoms with Crippen LogP contribution in [0.1, 0.15) is 19.8 Å². The van der Waals surface area contributed by atoms with Crippen molar-refractivity contribution in [2.45, 2.75) is 32.0 Å². The molecule has 1 atom stereocenters. The molecule has 1 amide bonds. The molecule has 17 heavy (non-hydrogen) atoms. The Kier molecular flexibility index (Phi) is 6.55. The van der Waals surface area contributed by atoms with Gasteiger partial charge in [-0.3, -0.25) is 9.59 Å². The van der Waals surface area contributed by atoms with Crippen molar-refractivity contribution in [2.75, 3.05) is 13.2 Å². The van der Waals surface area contributed by atoms with Gasteiger partial charge in [0.05, 0.1) is 6.42 Å². The fraction of sp³-hybridized carbons (Fsp3) is 0.778. The van der Waals surface area contributed by atoms with E-state index in [1.54, 1.807) is 6.92 Å². The minimum atomic E-state index is -4.48. The molecule has 2 N–H and O–H groups in total. The molecule has 0 spiro atoms. The molecule has 8 heteroatoms. The summed E-state index contributed by atoms with van der Waals surface area (Å²) in [6.07, 6.45) is -4.38. The number of carboxylic acid groups (broad SMARTS) is 1. The van der Waals surface area contributed by atoms with Gasteiger partial charge in [0.2, 0.25) is 5.91 Å². The summed E-state index contributed by atoms with van der Waals surface area (Å²) in [5.41, 5.74) is 0. The van der Waals surface area contributed by atoms with Crippen LogP contribution in [-0.4, -0.2) is 42.4 Å². The molecule has 0 aliphatic rings. The Morgan fingerprint density at radius 2 is 2.00 bits per heavy atom. The molecule has 0 aliphatic heterocycles. The molecule has 0 aromatic heterocycles. The molecule has 0 aromatic rings. The molecule has 0 rings (SSSR count). The van der Waals surface area contributed by atoms with E-state index in [1.165, 1.54) is 0 Å². The van der Waals surface area contributed by atoms with Crippen LogP contribution in [0.2, 0.25) is 0 Å². The lowest BCUT2D eigenvalue weighted by Crippen LogP contribution is -2.38. The van der Waals surface area contributed by atoms with Crippen molar-refractivity contribution in [3.63, 3.8) is 0 Å². The monoisotopic (exact) mass is 257 g/mol. The highest BCUT2D eigenvalue weighted by molar-refractivity contribution is 5.78. The van der Waals surface area contributed by atoms with E-state index in [1.807, 2.05) is 0 Å². The van der Waals surface area contributed by atoms with Crippen molar-refractivity contribution in [2.24, 2.45) is 0 Å². The first-order valence-electron chi connectivity index (χ1n) is 4.90. The number of rotatable bonds is 7. The van der Waals surface area contributed by atoms with Crippen LogP contribution in [0.3, 0.4) is 0 Å². The molecule has 5 nitrogen and oxygen atoms in total. The van der Waals surface area contributed by atoms with Gasteiger partial charge >= 0.3 is 12.1 Å². The second-order valence-electron chi connectivity index (χ2n) is 3.38. The lowest BCUT2D eigenvalue weighted by atomic mass is 10.1. The molecular weight excluding hydrogens is 243 g/mol. The number of carbonyl (C=O) groups excluding carboxylic acids is 1. The highest BCUT2D eigenvalue weighted by atomic mass is 19.4. The SMILES string of the molecule is CCC(CC(=O)O)NC(=O)COCC(F)(F)F. The van der Waals surface area contributed by atoms with Crippen molar-refractivity contribution in [3.8, 4) is 0 Å². The van der Waals surface area contributed by atoms with Crippen molar-refractivity contribution in [3.05, 3.63) is 0 Å². The molecule has 1 unspecified atom stereocenters. The summed E-state index contributed by atoms with van der Waals surface area (Å²) in [5, 5.41) is 10.8. The Labute approximate surface area is 95.9 Å². The van der Waals surface area contributed by atoms with Crippen LogP contribution in [0.15, 0.2) is 0 Å². The van der Waals surface area contributed by atoms with Crippen LogP contribution in [0.5, 0.6) is 0 Å². The van der Waals surface area contributed by atoms with Crippen LogP contribution in [0.4, 0.5) is 13.2 Å². The highest BCUT2D eigenvalue weighted by Gasteiger charge is 2.27. The molecule has 0 saturated heterocycles. The Hall–Kier alpha value is -1.31. The van der Waals surface area contributed by atoms with E-state index in [9.17, 15) is 22.8 Å². The minimum absolute atomic E-state index is 0.276. The predicted octanol–water partition coefficient (Wildman–Crippen LogP) is 0.935. The van der Waals surface area contributed by atoms with Gasteiger partial charge in [0, 0.05) is 6.04 Å². The molecular formula is C9H14F3NO4. The van der Waals surface area contributed by atoms with E-state index < -0.39 is 37.3 Å². The lowest BCUT2D eigenvalue weighted by molar-refractivity contribution is -0.175. The maximum Gasteiger partial charge on any atom is 0.411 e. The summed E-state index contributed by atoms with van der Waals surface area (Å²) in [6.45, 7) is -0.587. The Bertz CT molecular complexity index is 267. The number of ether oxygens (including phenoxy) is 1. The Morgan fingerprint density at radius 3 is 2.41 bits per heavy atom. The number of alkyl halides is 3. The van der Waals surface area contributed by atoms with Gasteiger partial charge in [0.1, 0.15) is 13.2 Å². The first kappa shape index (κ1) is 15.7. The third-order valence-corrected chi connectivity index (χ3v) is 1.78. The molecule has 0 fully saturated rings. The Balaban J connectivity index is 3.87. The summed E-state index contributed by atoms with van der Waals surface area (Å²) in [6, 6.07) is -0.602. The predicted molar refractivity (Wildman–Crippen MR) is 51.3 cm³/mol. The van der Waals surface area contributed by atoms with Crippen LogP contribution in [0, 0.1) is 0 Å². The molecule has 0 bridgehead atoms. The van der Waals surface area contributed by atoms with E-state index in [0.29, 0.717) is 6.42 Å². The zero-order chi connectivity index (χ0) is 13.5. The number of carbonyl (C=O) groups is 2. The molecule has 0 saturated carbocycles. The fourth-order valence-corrected chi connectivity index (χ4v) is 1.04. The average molecular weight is 257 g/mol. The molecule has 0 heterocycles. The summed E-state index contributed by atoms with van der Waals surface area (Å²) >= 11 is 0. The van der Waals surface area contributed by atoms with Gasteiger partial charge in [-0.15, -0.1) is 0 Å².